The molecule has 98 valence electrons. The summed E-state index contributed by atoms with van der Waals surface area (Å²) in [6.45, 7) is 3.91. The second-order valence-corrected chi connectivity index (χ2v) is 5.27. The fourth-order valence-electron chi connectivity index (χ4n) is 1.76. The Morgan fingerprint density at radius 3 is 2.79 bits per heavy atom. The van der Waals surface area contributed by atoms with Gasteiger partial charge >= 0.3 is 0 Å². The highest BCUT2D eigenvalue weighted by Crippen LogP contribution is 2.24. The summed E-state index contributed by atoms with van der Waals surface area (Å²) in [6.07, 6.45) is 3.56. The van der Waals surface area contributed by atoms with Gasteiger partial charge in [-0.1, -0.05) is 15.9 Å². The monoisotopic (exact) mass is 319 g/mol. The zero-order chi connectivity index (χ0) is 13.8. The third-order valence-electron chi connectivity index (χ3n) is 2.65. The number of nitrogens with zero attached hydrogens (tertiary/aromatic N) is 1. The van der Waals surface area contributed by atoms with Gasteiger partial charge in [0.05, 0.1) is 5.56 Å². The molecule has 4 heteroatoms. The highest BCUT2D eigenvalue weighted by Gasteiger charge is 2.09. The van der Waals surface area contributed by atoms with Crippen molar-refractivity contribution in [3.8, 4) is 5.75 Å². The summed E-state index contributed by atoms with van der Waals surface area (Å²) in [6, 6.07) is 7.44. The molecule has 19 heavy (non-hydrogen) atoms. The normalized spacial score (nSPS) is 10.3. The average molecular weight is 320 g/mol. The van der Waals surface area contributed by atoms with Crippen molar-refractivity contribution in [1.82, 2.24) is 4.98 Å². The molecule has 0 saturated heterocycles. The number of rotatable bonds is 4. The Morgan fingerprint density at radius 1 is 1.32 bits per heavy atom. The SMILES string of the molecule is CC(=O)c1cc(Br)ccc1OCc1cncc(C)c1. The molecular weight excluding hydrogens is 306 g/mol. The second kappa shape index (κ2) is 5.97. The van der Waals surface area contributed by atoms with Crippen molar-refractivity contribution in [2.45, 2.75) is 20.5 Å². The Labute approximate surface area is 120 Å². The molecule has 0 aliphatic rings. The molecule has 1 aromatic heterocycles. The van der Waals surface area contributed by atoms with Crippen molar-refractivity contribution in [2.24, 2.45) is 0 Å². The van der Waals surface area contributed by atoms with Crippen LogP contribution in [0.15, 0.2) is 41.1 Å². The molecule has 0 aliphatic carbocycles. The number of carbonyl (C=O) groups is 1. The maximum atomic E-state index is 11.6. The zero-order valence-corrected chi connectivity index (χ0v) is 12.4. The molecule has 0 radical (unpaired) electrons. The number of halogens is 1. The van der Waals surface area contributed by atoms with Crippen LogP contribution in [0.2, 0.25) is 0 Å². The van der Waals surface area contributed by atoms with Crippen LogP contribution in [-0.2, 0) is 6.61 Å². The van der Waals surface area contributed by atoms with Gasteiger partial charge in [0, 0.05) is 22.4 Å². The number of benzene rings is 1. The highest BCUT2D eigenvalue weighted by atomic mass is 79.9. The molecule has 1 aromatic carbocycles. The van der Waals surface area contributed by atoms with E-state index in [4.69, 9.17) is 4.74 Å². The van der Waals surface area contributed by atoms with E-state index in [2.05, 4.69) is 20.9 Å². The Bertz CT molecular complexity index is 611. The molecule has 2 rings (SSSR count). The zero-order valence-electron chi connectivity index (χ0n) is 10.8. The van der Waals surface area contributed by atoms with Gasteiger partial charge in [-0.2, -0.15) is 0 Å². The van der Waals surface area contributed by atoms with E-state index in [-0.39, 0.29) is 5.78 Å². The quantitative estimate of drug-likeness (QED) is 0.801. The van der Waals surface area contributed by atoms with Crippen LogP contribution in [0, 0.1) is 6.92 Å². The summed E-state index contributed by atoms with van der Waals surface area (Å²) >= 11 is 3.35. The van der Waals surface area contributed by atoms with Gasteiger partial charge in [-0.3, -0.25) is 9.78 Å². The van der Waals surface area contributed by atoms with E-state index in [1.54, 1.807) is 24.5 Å². The van der Waals surface area contributed by atoms with E-state index in [9.17, 15) is 4.79 Å². The number of aryl methyl sites for hydroxylation is 1. The van der Waals surface area contributed by atoms with Crippen molar-refractivity contribution >= 4 is 21.7 Å². The van der Waals surface area contributed by atoms with Crippen molar-refractivity contribution < 1.29 is 9.53 Å². The van der Waals surface area contributed by atoms with E-state index in [0.29, 0.717) is 17.9 Å². The molecule has 0 atom stereocenters. The minimum absolute atomic E-state index is 0.0151. The maximum Gasteiger partial charge on any atom is 0.163 e. The molecule has 3 nitrogen and oxygen atoms in total. The van der Waals surface area contributed by atoms with Gasteiger partial charge < -0.3 is 4.74 Å². The Morgan fingerprint density at radius 2 is 2.11 bits per heavy atom. The van der Waals surface area contributed by atoms with Gasteiger partial charge in [0.15, 0.2) is 5.78 Å². The molecule has 0 saturated carbocycles. The molecular formula is C15H14BrNO2. The predicted molar refractivity (Wildman–Crippen MR) is 77.5 cm³/mol. The lowest BCUT2D eigenvalue weighted by Crippen LogP contribution is -2.02. The topological polar surface area (TPSA) is 39.2 Å². The molecule has 2 aromatic rings. The molecule has 0 unspecified atom stereocenters. The van der Waals surface area contributed by atoms with Crippen molar-refractivity contribution in [1.29, 1.82) is 0 Å². The maximum absolute atomic E-state index is 11.6. The van der Waals surface area contributed by atoms with Gasteiger partial charge in [0.1, 0.15) is 12.4 Å². The lowest BCUT2D eigenvalue weighted by molar-refractivity contribution is 0.101. The summed E-state index contributed by atoms with van der Waals surface area (Å²) in [7, 11) is 0. The molecule has 0 aliphatic heterocycles. The van der Waals surface area contributed by atoms with Crippen LogP contribution < -0.4 is 4.74 Å². The number of ketones is 1. The third kappa shape index (κ3) is 3.64. The van der Waals surface area contributed by atoms with Gasteiger partial charge in [-0.25, -0.2) is 0 Å². The van der Waals surface area contributed by atoms with Crippen LogP contribution in [0.4, 0.5) is 0 Å². The number of pyridine rings is 1. The fourth-order valence-corrected chi connectivity index (χ4v) is 2.12. The number of hydrogen-bond acceptors (Lipinski definition) is 3. The summed E-state index contributed by atoms with van der Waals surface area (Å²) in [5, 5.41) is 0. The van der Waals surface area contributed by atoms with Crippen LogP contribution in [0.3, 0.4) is 0 Å². The Balaban J connectivity index is 2.17. The average Bonchev–Trinajstić information content (AvgIpc) is 2.37. The minimum atomic E-state index is -0.0151. The number of aromatic nitrogens is 1. The van der Waals surface area contributed by atoms with Crippen LogP contribution in [0.1, 0.15) is 28.4 Å². The van der Waals surface area contributed by atoms with Crippen LogP contribution in [-0.4, -0.2) is 10.8 Å². The summed E-state index contributed by atoms with van der Waals surface area (Å²) in [4.78, 5) is 15.7. The number of Topliss-reactive ketones (excluding diaryl/α,β-unsaturated/α-hetero) is 1. The van der Waals surface area contributed by atoms with E-state index in [1.165, 1.54) is 6.92 Å². The van der Waals surface area contributed by atoms with E-state index in [0.717, 1.165) is 15.6 Å². The molecule has 0 bridgehead atoms. The largest absolute Gasteiger partial charge is 0.488 e. The first-order valence-corrected chi connectivity index (χ1v) is 6.69. The van der Waals surface area contributed by atoms with Gasteiger partial charge in [-0.15, -0.1) is 0 Å². The predicted octanol–water partition coefficient (Wildman–Crippen LogP) is 3.93. The smallest absolute Gasteiger partial charge is 0.163 e. The highest BCUT2D eigenvalue weighted by molar-refractivity contribution is 9.10. The van der Waals surface area contributed by atoms with Crippen LogP contribution in [0.25, 0.3) is 0 Å². The second-order valence-electron chi connectivity index (χ2n) is 4.36. The van der Waals surface area contributed by atoms with Crippen molar-refractivity contribution in [3.05, 3.63) is 57.8 Å². The Hall–Kier alpha value is -1.68. The minimum Gasteiger partial charge on any atom is -0.488 e. The van der Waals surface area contributed by atoms with Crippen molar-refractivity contribution in [2.75, 3.05) is 0 Å². The van der Waals surface area contributed by atoms with E-state index in [1.807, 2.05) is 19.1 Å². The molecule has 0 fully saturated rings. The lowest BCUT2D eigenvalue weighted by atomic mass is 10.1. The van der Waals surface area contributed by atoms with Gasteiger partial charge in [-0.05, 0) is 43.7 Å². The summed E-state index contributed by atoms with van der Waals surface area (Å²) in [5.41, 5.74) is 2.65. The first kappa shape index (κ1) is 13.7. The molecule has 0 spiro atoms. The third-order valence-corrected chi connectivity index (χ3v) is 3.14. The first-order chi connectivity index (χ1) is 9.06. The lowest BCUT2D eigenvalue weighted by Gasteiger charge is -2.10. The van der Waals surface area contributed by atoms with Gasteiger partial charge in [0.25, 0.3) is 0 Å². The van der Waals surface area contributed by atoms with Crippen LogP contribution >= 0.6 is 15.9 Å². The van der Waals surface area contributed by atoms with Crippen LogP contribution in [0.5, 0.6) is 5.75 Å². The fraction of sp³-hybridized carbons (Fsp3) is 0.200. The number of hydrogen-bond donors (Lipinski definition) is 0. The van der Waals surface area contributed by atoms with E-state index < -0.39 is 0 Å². The van der Waals surface area contributed by atoms with Gasteiger partial charge in [0.2, 0.25) is 0 Å². The number of ether oxygens (including phenoxy) is 1. The summed E-state index contributed by atoms with van der Waals surface area (Å²) < 4.78 is 6.58. The first-order valence-electron chi connectivity index (χ1n) is 5.90. The molecule has 0 N–H and O–H groups in total. The summed E-state index contributed by atoms with van der Waals surface area (Å²) in [5.74, 6) is 0.580. The Kier molecular flexibility index (Phi) is 4.32. The van der Waals surface area contributed by atoms with Crippen molar-refractivity contribution in [3.63, 3.8) is 0 Å². The number of carbonyl (C=O) groups excluding carboxylic acids is 1. The molecule has 0 amide bonds. The molecule has 1 heterocycles. The standard InChI is InChI=1S/C15H14BrNO2/c1-10-5-12(8-17-7-10)9-19-15-4-3-13(16)6-14(15)11(2)18/h3-8H,9H2,1-2H3. The van der Waals surface area contributed by atoms with E-state index >= 15 is 0 Å².